The number of hydrogen-bond acceptors (Lipinski definition) is 4. The number of Topliss-reactive ketones (excluding diaryl/α,β-unsaturated/α-hetero) is 1. The number of aliphatic hydroxyl groups is 1. The summed E-state index contributed by atoms with van der Waals surface area (Å²) < 4.78 is 65.2. The Labute approximate surface area is 166 Å². The summed E-state index contributed by atoms with van der Waals surface area (Å²) in [6.07, 6.45) is -3.01. The van der Waals surface area contributed by atoms with Crippen LogP contribution < -0.4 is 0 Å². The quantitative estimate of drug-likeness (QED) is 0.762. The molecule has 2 aromatic carbocycles. The molecule has 0 atom stereocenters. The number of fused-ring (bicyclic) bond motifs is 1. The number of hydrogen-bond donors (Lipinski definition) is 1. The third-order valence-electron chi connectivity index (χ3n) is 4.98. The number of aryl methyl sites for hydroxylation is 1. The van der Waals surface area contributed by atoms with E-state index in [1.807, 2.05) is 6.07 Å². The van der Waals surface area contributed by atoms with Gasteiger partial charge >= 0.3 is 6.18 Å². The highest BCUT2D eigenvalue weighted by Gasteiger charge is 2.32. The highest BCUT2D eigenvalue weighted by molar-refractivity contribution is 7.89. The molecule has 0 fully saturated rings. The van der Waals surface area contributed by atoms with Gasteiger partial charge in [-0.3, -0.25) is 4.79 Å². The summed E-state index contributed by atoms with van der Waals surface area (Å²) in [5, 5.41) is 9.03. The molecule has 0 amide bonds. The van der Waals surface area contributed by atoms with E-state index in [1.165, 1.54) is 4.31 Å². The molecule has 3 rings (SSSR count). The van der Waals surface area contributed by atoms with Crippen LogP contribution in [-0.2, 0) is 29.0 Å². The van der Waals surface area contributed by atoms with Gasteiger partial charge in [0, 0.05) is 18.7 Å². The number of aliphatic hydroxyl groups excluding tert-OH is 1. The van der Waals surface area contributed by atoms with Crippen molar-refractivity contribution in [3.05, 3.63) is 64.7 Å². The van der Waals surface area contributed by atoms with Crippen LogP contribution in [0.1, 0.15) is 33.5 Å². The lowest BCUT2D eigenvalue weighted by Crippen LogP contribution is -2.35. The molecule has 0 aromatic heterocycles. The predicted molar refractivity (Wildman–Crippen MR) is 100 cm³/mol. The van der Waals surface area contributed by atoms with Crippen molar-refractivity contribution in [2.24, 2.45) is 0 Å². The maximum absolute atomic E-state index is 12.9. The largest absolute Gasteiger partial charge is 0.416 e. The molecule has 5 nitrogen and oxygen atoms in total. The van der Waals surface area contributed by atoms with Crippen LogP contribution in [-0.4, -0.2) is 43.3 Å². The summed E-state index contributed by atoms with van der Waals surface area (Å²) in [6.45, 7) is -0.208. The number of nitrogens with zero attached hydrogens (tertiary/aromatic N) is 1. The first-order valence-corrected chi connectivity index (χ1v) is 10.5. The molecule has 0 bridgehead atoms. The Morgan fingerprint density at radius 3 is 2.31 bits per heavy atom. The molecule has 0 saturated carbocycles. The van der Waals surface area contributed by atoms with Crippen LogP contribution in [0.5, 0.6) is 0 Å². The summed E-state index contributed by atoms with van der Waals surface area (Å²) in [6, 6.07) is 8.61. The normalized spacial score (nSPS) is 16.0. The minimum atomic E-state index is -4.53. The van der Waals surface area contributed by atoms with E-state index in [0.717, 1.165) is 35.4 Å². The zero-order chi connectivity index (χ0) is 21.2. The number of alkyl halides is 3. The van der Waals surface area contributed by atoms with Gasteiger partial charge in [0.05, 0.1) is 10.5 Å². The number of rotatable bonds is 4. The van der Waals surface area contributed by atoms with Crippen molar-refractivity contribution in [2.75, 3.05) is 19.7 Å². The van der Waals surface area contributed by atoms with Gasteiger partial charge in [-0.1, -0.05) is 12.1 Å². The average Bonchev–Trinajstić information content (AvgIpc) is 2.67. The van der Waals surface area contributed by atoms with E-state index in [-0.39, 0.29) is 18.0 Å². The number of carbonyl (C=O) groups is 1. The lowest BCUT2D eigenvalue weighted by Gasteiger charge is -2.25. The SMILES string of the molecule is O=C(CO)c1ccc2c(c1)CCN(S(=O)(=O)c1ccc(C(F)(F)F)cc1)CCC2. The molecule has 2 aromatic rings. The molecule has 0 aliphatic carbocycles. The number of sulfonamides is 1. The topological polar surface area (TPSA) is 74.7 Å². The summed E-state index contributed by atoms with van der Waals surface area (Å²) in [5.74, 6) is -0.413. The molecule has 0 radical (unpaired) electrons. The van der Waals surface area contributed by atoms with Gasteiger partial charge in [-0.05, 0) is 60.7 Å². The fourth-order valence-electron chi connectivity index (χ4n) is 3.38. The molecule has 0 spiro atoms. The molecule has 1 aliphatic rings. The Balaban J connectivity index is 1.83. The first kappa shape index (κ1) is 21.5. The minimum Gasteiger partial charge on any atom is -0.388 e. The van der Waals surface area contributed by atoms with Crippen LogP contribution in [0, 0.1) is 0 Å². The number of ketones is 1. The van der Waals surface area contributed by atoms with Crippen molar-refractivity contribution in [3.63, 3.8) is 0 Å². The molecule has 0 saturated heterocycles. The van der Waals surface area contributed by atoms with E-state index in [0.29, 0.717) is 24.8 Å². The fourth-order valence-corrected chi connectivity index (χ4v) is 4.85. The Morgan fingerprint density at radius 1 is 1.00 bits per heavy atom. The minimum absolute atomic E-state index is 0.146. The lowest BCUT2D eigenvalue weighted by atomic mass is 9.95. The van der Waals surface area contributed by atoms with Crippen LogP contribution >= 0.6 is 0 Å². The Morgan fingerprint density at radius 2 is 1.69 bits per heavy atom. The second-order valence-electron chi connectivity index (χ2n) is 6.84. The molecule has 1 N–H and O–H groups in total. The van der Waals surface area contributed by atoms with Gasteiger partial charge < -0.3 is 5.11 Å². The van der Waals surface area contributed by atoms with Crippen molar-refractivity contribution < 1.29 is 31.5 Å². The summed E-state index contributed by atoms with van der Waals surface area (Å²) in [5.41, 5.74) is 1.31. The molecule has 9 heteroatoms. The van der Waals surface area contributed by atoms with Crippen molar-refractivity contribution in [2.45, 2.75) is 30.3 Å². The molecule has 1 aliphatic heterocycles. The Hall–Kier alpha value is -2.23. The standard InChI is InChI=1S/C20H20F3NO4S/c21-20(22,23)17-5-7-18(8-6-17)29(27,28)24-10-1-2-14-3-4-16(19(26)13-25)12-15(14)9-11-24/h3-8,12,25H,1-2,9-11,13H2. The maximum Gasteiger partial charge on any atom is 0.416 e. The van der Waals surface area contributed by atoms with Crippen LogP contribution in [0.25, 0.3) is 0 Å². The van der Waals surface area contributed by atoms with Gasteiger partial charge in [-0.25, -0.2) is 8.42 Å². The Kier molecular flexibility index (Phi) is 6.11. The monoisotopic (exact) mass is 427 g/mol. The maximum atomic E-state index is 12.9. The summed E-state index contributed by atoms with van der Waals surface area (Å²) in [4.78, 5) is 11.5. The van der Waals surface area contributed by atoms with E-state index in [4.69, 9.17) is 5.11 Å². The highest BCUT2D eigenvalue weighted by atomic mass is 32.2. The molecule has 0 unspecified atom stereocenters. The van der Waals surface area contributed by atoms with Gasteiger partial charge in [0.25, 0.3) is 0 Å². The van der Waals surface area contributed by atoms with Crippen LogP contribution in [0.3, 0.4) is 0 Å². The van der Waals surface area contributed by atoms with E-state index in [1.54, 1.807) is 12.1 Å². The highest BCUT2D eigenvalue weighted by Crippen LogP contribution is 2.30. The number of carbonyl (C=O) groups excluding carboxylic acids is 1. The van der Waals surface area contributed by atoms with Crippen molar-refractivity contribution >= 4 is 15.8 Å². The summed E-state index contributed by atoms with van der Waals surface area (Å²) in [7, 11) is -3.94. The lowest BCUT2D eigenvalue weighted by molar-refractivity contribution is -0.137. The van der Waals surface area contributed by atoms with E-state index in [2.05, 4.69) is 0 Å². The van der Waals surface area contributed by atoms with Crippen molar-refractivity contribution in [1.82, 2.24) is 4.31 Å². The average molecular weight is 427 g/mol. The zero-order valence-electron chi connectivity index (χ0n) is 15.4. The predicted octanol–water partition coefficient (Wildman–Crippen LogP) is 3.06. The van der Waals surface area contributed by atoms with Gasteiger partial charge in [0.1, 0.15) is 6.61 Å². The van der Waals surface area contributed by atoms with Gasteiger partial charge in [0.2, 0.25) is 10.0 Å². The van der Waals surface area contributed by atoms with Crippen LogP contribution in [0.4, 0.5) is 13.2 Å². The number of halogens is 3. The zero-order valence-corrected chi connectivity index (χ0v) is 16.3. The first-order chi connectivity index (χ1) is 13.6. The smallest absolute Gasteiger partial charge is 0.388 e. The third-order valence-corrected chi connectivity index (χ3v) is 6.89. The molecule has 156 valence electrons. The molecular weight excluding hydrogens is 407 g/mol. The second kappa shape index (κ2) is 8.25. The summed E-state index contributed by atoms with van der Waals surface area (Å²) >= 11 is 0. The van der Waals surface area contributed by atoms with Crippen molar-refractivity contribution in [3.8, 4) is 0 Å². The molecule has 1 heterocycles. The second-order valence-corrected chi connectivity index (χ2v) is 8.78. The van der Waals surface area contributed by atoms with Gasteiger partial charge in [-0.2, -0.15) is 17.5 Å². The third kappa shape index (κ3) is 4.68. The number of benzene rings is 2. The van der Waals surface area contributed by atoms with E-state index < -0.39 is 34.2 Å². The Bertz CT molecular complexity index is 1000. The molecular formula is C20H20F3NO4S. The van der Waals surface area contributed by atoms with Crippen LogP contribution in [0.2, 0.25) is 0 Å². The molecule has 29 heavy (non-hydrogen) atoms. The van der Waals surface area contributed by atoms with Gasteiger partial charge in [-0.15, -0.1) is 0 Å². The van der Waals surface area contributed by atoms with E-state index >= 15 is 0 Å². The van der Waals surface area contributed by atoms with Gasteiger partial charge in [0.15, 0.2) is 5.78 Å². The van der Waals surface area contributed by atoms with Crippen molar-refractivity contribution in [1.29, 1.82) is 0 Å². The van der Waals surface area contributed by atoms with Crippen LogP contribution in [0.15, 0.2) is 47.4 Å². The first-order valence-electron chi connectivity index (χ1n) is 9.06. The van der Waals surface area contributed by atoms with E-state index in [9.17, 15) is 26.4 Å². The fraction of sp³-hybridized carbons (Fsp3) is 0.350.